The molecule has 1 aliphatic heterocycles. The molecule has 3 aromatic rings. The van der Waals surface area contributed by atoms with E-state index in [4.69, 9.17) is 4.42 Å². The van der Waals surface area contributed by atoms with E-state index in [1.165, 1.54) is 27.4 Å². The van der Waals surface area contributed by atoms with Gasteiger partial charge in [-0.2, -0.15) is 4.31 Å². The summed E-state index contributed by atoms with van der Waals surface area (Å²) in [5.41, 5.74) is 0.899. The first-order valence-electron chi connectivity index (χ1n) is 9.31. The number of aryl methyl sites for hydroxylation is 1. The SMILES string of the molecule is Cc1c(C(=O)N2CCN(S(=O)(=O)c3ccccc3[N+](=O)[O-])CC2)oc2ccccc12. The maximum atomic E-state index is 12.9. The van der Waals surface area contributed by atoms with Crippen LogP contribution in [0.25, 0.3) is 11.0 Å². The molecule has 30 heavy (non-hydrogen) atoms. The van der Waals surface area contributed by atoms with Gasteiger partial charge in [-0.05, 0) is 19.1 Å². The van der Waals surface area contributed by atoms with Gasteiger partial charge < -0.3 is 9.32 Å². The molecule has 0 radical (unpaired) electrons. The van der Waals surface area contributed by atoms with Crippen LogP contribution in [0.15, 0.2) is 57.8 Å². The second-order valence-corrected chi connectivity index (χ2v) is 8.88. The van der Waals surface area contributed by atoms with Gasteiger partial charge in [0.05, 0.1) is 4.92 Å². The quantitative estimate of drug-likeness (QED) is 0.465. The number of carbonyl (C=O) groups excluding carboxylic acids is 1. The third kappa shape index (κ3) is 3.33. The summed E-state index contributed by atoms with van der Waals surface area (Å²) in [7, 11) is -4.05. The predicted molar refractivity (Wildman–Crippen MR) is 109 cm³/mol. The van der Waals surface area contributed by atoms with E-state index >= 15 is 0 Å². The number of rotatable bonds is 4. The number of sulfonamides is 1. The summed E-state index contributed by atoms with van der Waals surface area (Å²) in [5.74, 6) is -0.0577. The lowest BCUT2D eigenvalue weighted by Crippen LogP contribution is -2.50. The Hall–Kier alpha value is -3.24. The van der Waals surface area contributed by atoms with Gasteiger partial charge in [0.2, 0.25) is 10.0 Å². The third-order valence-corrected chi connectivity index (χ3v) is 7.19. The molecule has 9 nitrogen and oxygen atoms in total. The number of fused-ring (bicyclic) bond motifs is 1. The van der Waals surface area contributed by atoms with Crippen LogP contribution in [-0.4, -0.2) is 54.6 Å². The van der Waals surface area contributed by atoms with Gasteiger partial charge in [0.1, 0.15) is 5.58 Å². The van der Waals surface area contributed by atoms with Crippen LogP contribution in [0.4, 0.5) is 5.69 Å². The first-order chi connectivity index (χ1) is 14.3. The van der Waals surface area contributed by atoms with Crippen molar-refractivity contribution in [2.45, 2.75) is 11.8 Å². The normalized spacial score (nSPS) is 15.4. The maximum absolute atomic E-state index is 12.9. The van der Waals surface area contributed by atoms with Crippen LogP contribution in [0.1, 0.15) is 16.1 Å². The third-order valence-electron chi connectivity index (χ3n) is 5.24. The molecule has 0 bridgehead atoms. The van der Waals surface area contributed by atoms with Crippen molar-refractivity contribution < 1.29 is 22.6 Å². The van der Waals surface area contributed by atoms with E-state index in [2.05, 4.69) is 0 Å². The average molecular weight is 429 g/mol. The zero-order valence-electron chi connectivity index (χ0n) is 16.1. The van der Waals surface area contributed by atoms with Crippen LogP contribution in [-0.2, 0) is 10.0 Å². The van der Waals surface area contributed by atoms with E-state index in [-0.39, 0.29) is 42.7 Å². The Balaban J connectivity index is 1.53. The second-order valence-electron chi connectivity index (χ2n) is 6.97. The monoisotopic (exact) mass is 429 g/mol. The molecule has 1 aliphatic rings. The van der Waals surface area contributed by atoms with Crippen LogP contribution in [0, 0.1) is 17.0 Å². The molecule has 0 spiro atoms. The summed E-state index contributed by atoms with van der Waals surface area (Å²) in [6.45, 7) is 2.22. The number of hydrogen-bond acceptors (Lipinski definition) is 6. The Morgan fingerprint density at radius 2 is 1.67 bits per heavy atom. The Bertz CT molecular complexity index is 1240. The molecule has 1 fully saturated rings. The van der Waals surface area contributed by atoms with Crippen molar-refractivity contribution in [1.82, 2.24) is 9.21 Å². The van der Waals surface area contributed by atoms with Gasteiger partial charge in [-0.3, -0.25) is 14.9 Å². The van der Waals surface area contributed by atoms with Crippen LogP contribution >= 0.6 is 0 Å². The number of carbonyl (C=O) groups is 1. The molecule has 0 N–H and O–H groups in total. The average Bonchev–Trinajstić information content (AvgIpc) is 3.10. The van der Waals surface area contributed by atoms with E-state index in [9.17, 15) is 23.3 Å². The van der Waals surface area contributed by atoms with E-state index in [1.54, 1.807) is 6.07 Å². The number of amides is 1. The number of nitro benzene ring substituents is 1. The highest BCUT2D eigenvalue weighted by Gasteiger charge is 2.35. The summed E-state index contributed by atoms with van der Waals surface area (Å²) >= 11 is 0. The number of nitrogens with zero attached hydrogens (tertiary/aromatic N) is 3. The molecule has 0 aliphatic carbocycles. The number of piperazine rings is 1. The van der Waals surface area contributed by atoms with Gasteiger partial charge in [0.25, 0.3) is 11.6 Å². The lowest BCUT2D eigenvalue weighted by atomic mass is 10.1. The molecule has 0 saturated carbocycles. The molecule has 1 aromatic heterocycles. The van der Waals surface area contributed by atoms with E-state index < -0.39 is 20.6 Å². The Labute approximate surface area is 172 Å². The Kier molecular flexibility index (Phi) is 5.04. The summed E-state index contributed by atoms with van der Waals surface area (Å²) in [6.07, 6.45) is 0. The number of benzene rings is 2. The minimum atomic E-state index is -4.05. The lowest BCUT2D eigenvalue weighted by Gasteiger charge is -2.33. The van der Waals surface area contributed by atoms with Crippen molar-refractivity contribution >= 4 is 32.6 Å². The first kappa shape index (κ1) is 20.0. The number of para-hydroxylation sites is 2. The van der Waals surface area contributed by atoms with E-state index in [1.807, 2.05) is 25.1 Å². The summed E-state index contributed by atoms with van der Waals surface area (Å²) in [5, 5.41) is 12.1. The van der Waals surface area contributed by atoms with Crippen LogP contribution in [0.5, 0.6) is 0 Å². The van der Waals surface area contributed by atoms with Crippen molar-refractivity contribution in [3.8, 4) is 0 Å². The van der Waals surface area contributed by atoms with Gasteiger partial charge in [0.15, 0.2) is 10.7 Å². The fourth-order valence-electron chi connectivity index (χ4n) is 3.62. The molecule has 1 saturated heterocycles. The van der Waals surface area contributed by atoms with Gasteiger partial charge in [-0.15, -0.1) is 0 Å². The number of nitro groups is 1. The Morgan fingerprint density at radius 1 is 1.03 bits per heavy atom. The fourth-order valence-corrected chi connectivity index (χ4v) is 5.20. The van der Waals surface area contributed by atoms with Crippen LogP contribution in [0.3, 0.4) is 0 Å². The van der Waals surface area contributed by atoms with Gasteiger partial charge in [0, 0.05) is 43.2 Å². The van der Waals surface area contributed by atoms with Crippen molar-refractivity contribution in [3.05, 3.63) is 70.0 Å². The fraction of sp³-hybridized carbons (Fsp3) is 0.250. The lowest BCUT2D eigenvalue weighted by molar-refractivity contribution is -0.387. The number of furan rings is 1. The summed E-state index contributed by atoms with van der Waals surface area (Å²) in [6, 6.07) is 12.6. The van der Waals surface area contributed by atoms with Gasteiger partial charge >= 0.3 is 0 Å². The van der Waals surface area contributed by atoms with Crippen molar-refractivity contribution in [2.24, 2.45) is 0 Å². The molecule has 156 valence electrons. The van der Waals surface area contributed by atoms with Crippen molar-refractivity contribution in [1.29, 1.82) is 0 Å². The molecule has 4 rings (SSSR count). The van der Waals surface area contributed by atoms with Crippen molar-refractivity contribution in [3.63, 3.8) is 0 Å². The van der Waals surface area contributed by atoms with Gasteiger partial charge in [-0.25, -0.2) is 8.42 Å². The minimum Gasteiger partial charge on any atom is -0.451 e. The standard InChI is InChI=1S/C20H19N3O6S/c1-14-15-6-2-4-8-17(15)29-19(14)20(24)21-10-12-22(13-11-21)30(27,28)18-9-5-3-7-16(18)23(25)26/h2-9H,10-13H2,1H3. The van der Waals surface area contributed by atoms with E-state index in [0.29, 0.717) is 5.58 Å². The summed E-state index contributed by atoms with van der Waals surface area (Å²) in [4.78, 5) is 24.6. The molecular formula is C20H19N3O6S. The zero-order chi connectivity index (χ0) is 21.5. The molecule has 0 atom stereocenters. The van der Waals surface area contributed by atoms with Gasteiger partial charge in [-0.1, -0.05) is 30.3 Å². The predicted octanol–water partition coefficient (Wildman–Crippen LogP) is 2.80. The zero-order valence-corrected chi connectivity index (χ0v) is 17.0. The topological polar surface area (TPSA) is 114 Å². The Morgan fingerprint density at radius 3 is 2.33 bits per heavy atom. The van der Waals surface area contributed by atoms with Crippen molar-refractivity contribution in [2.75, 3.05) is 26.2 Å². The first-order valence-corrected chi connectivity index (χ1v) is 10.8. The molecule has 0 unspecified atom stereocenters. The number of hydrogen-bond donors (Lipinski definition) is 0. The van der Waals surface area contributed by atoms with Crippen LogP contribution in [0.2, 0.25) is 0 Å². The smallest absolute Gasteiger partial charge is 0.289 e. The molecule has 2 heterocycles. The molecular weight excluding hydrogens is 410 g/mol. The second kappa shape index (κ2) is 7.54. The highest BCUT2D eigenvalue weighted by Crippen LogP contribution is 2.29. The summed E-state index contributed by atoms with van der Waals surface area (Å²) < 4.78 is 32.8. The van der Waals surface area contributed by atoms with E-state index in [0.717, 1.165) is 17.0 Å². The van der Waals surface area contributed by atoms with Crippen LogP contribution < -0.4 is 0 Å². The molecule has 2 aromatic carbocycles. The minimum absolute atomic E-state index is 0.0411. The maximum Gasteiger partial charge on any atom is 0.289 e. The highest BCUT2D eigenvalue weighted by atomic mass is 32.2. The largest absolute Gasteiger partial charge is 0.451 e. The highest BCUT2D eigenvalue weighted by molar-refractivity contribution is 7.89. The molecule has 10 heteroatoms. The molecule has 1 amide bonds.